The fourth-order valence-corrected chi connectivity index (χ4v) is 0.808. The van der Waals surface area contributed by atoms with Crippen molar-refractivity contribution in [2.75, 3.05) is 7.05 Å². The minimum atomic E-state index is 1.08. The van der Waals surface area contributed by atoms with Gasteiger partial charge in [-0.3, -0.25) is 4.99 Å². The summed E-state index contributed by atoms with van der Waals surface area (Å²) in [6, 6.07) is 10.2. The lowest BCUT2D eigenvalue weighted by Gasteiger charge is -1.95. The second kappa shape index (κ2) is 6.59. The van der Waals surface area contributed by atoms with E-state index in [4.69, 9.17) is 0 Å². The normalized spacial score (nSPS) is 10.2. The molecule has 1 heteroatoms. The highest BCUT2D eigenvalue weighted by Gasteiger charge is 1.90. The lowest BCUT2D eigenvalue weighted by Crippen LogP contribution is -1.91. The average molecular weight is 163 g/mol. The van der Waals surface area contributed by atoms with Gasteiger partial charge in [-0.1, -0.05) is 44.2 Å². The van der Waals surface area contributed by atoms with Crippen LogP contribution >= 0.6 is 0 Å². The van der Waals surface area contributed by atoms with Crippen molar-refractivity contribution < 1.29 is 0 Å². The molecule has 0 aliphatic heterocycles. The number of hydrogen-bond acceptors (Lipinski definition) is 1. The molecule has 0 saturated carbocycles. The summed E-state index contributed by atoms with van der Waals surface area (Å²) in [7, 11) is 1.81. The first-order valence-corrected chi connectivity index (χ1v) is 4.33. The SMILES string of the molecule is CC.CN=C(C)c1ccccc1. The highest BCUT2D eigenvalue weighted by Crippen LogP contribution is 1.99. The monoisotopic (exact) mass is 163 g/mol. The van der Waals surface area contributed by atoms with E-state index in [-0.39, 0.29) is 0 Å². The molecule has 0 radical (unpaired) electrons. The summed E-state index contributed by atoms with van der Waals surface area (Å²) in [5.41, 5.74) is 2.28. The van der Waals surface area contributed by atoms with Crippen molar-refractivity contribution in [2.24, 2.45) is 4.99 Å². The van der Waals surface area contributed by atoms with Gasteiger partial charge < -0.3 is 0 Å². The Bertz CT molecular complexity index is 224. The van der Waals surface area contributed by atoms with Crippen LogP contribution in [0.3, 0.4) is 0 Å². The Morgan fingerprint density at radius 2 is 1.58 bits per heavy atom. The van der Waals surface area contributed by atoms with E-state index >= 15 is 0 Å². The van der Waals surface area contributed by atoms with Crippen LogP contribution in [0, 0.1) is 0 Å². The van der Waals surface area contributed by atoms with Crippen LogP contribution in [0.1, 0.15) is 26.3 Å². The molecule has 0 heterocycles. The molecule has 0 aromatic heterocycles. The number of aliphatic imine (C=N–C) groups is 1. The van der Waals surface area contributed by atoms with E-state index in [0.717, 1.165) is 5.71 Å². The van der Waals surface area contributed by atoms with Gasteiger partial charge in [-0.15, -0.1) is 0 Å². The second-order valence-electron chi connectivity index (χ2n) is 2.18. The van der Waals surface area contributed by atoms with Crippen molar-refractivity contribution in [1.82, 2.24) is 0 Å². The first-order valence-electron chi connectivity index (χ1n) is 4.33. The topological polar surface area (TPSA) is 12.4 Å². The molecule has 0 spiro atoms. The summed E-state index contributed by atoms with van der Waals surface area (Å²) in [4.78, 5) is 4.08. The van der Waals surface area contributed by atoms with Gasteiger partial charge in [0.2, 0.25) is 0 Å². The summed E-state index contributed by atoms with van der Waals surface area (Å²) in [5, 5.41) is 0. The first-order chi connectivity index (χ1) is 5.84. The van der Waals surface area contributed by atoms with Crippen molar-refractivity contribution in [1.29, 1.82) is 0 Å². The molecule has 0 unspecified atom stereocenters. The van der Waals surface area contributed by atoms with Crippen molar-refractivity contribution in [3.8, 4) is 0 Å². The molecule has 1 aromatic rings. The van der Waals surface area contributed by atoms with Crippen LogP contribution in [0.4, 0.5) is 0 Å². The third-order valence-electron chi connectivity index (χ3n) is 1.53. The highest BCUT2D eigenvalue weighted by atomic mass is 14.7. The number of benzene rings is 1. The van der Waals surface area contributed by atoms with Crippen LogP contribution in [0.5, 0.6) is 0 Å². The van der Waals surface area contributed by atoms with E-state index in [1.807, 2.05) is 46.0 Å². The summed E-state index contributed by atoms with van der Waals surface area (Å²) >= 11 is 0. The molecule has 0 saturated heterocycles. The zero-order valence-corrected chi connectivity index (χ0v) is 8.33. The largest absolute Gasteiger partial charge is 0.293 e. The van der Waals surface area contributed by atoms with Gasteiger partial charge >= 0.3 is 0 Å². The minimum Gasteiger partial charge on any atom is -0.293 e. The van der Waals surface area contributed by atoms with Crippen LogP contribution in [-0.4, -0.2) is 12.8 Å². The van der Waals surface area contributed by atoms with E-state index in [9.17, 15) is 0 Å². The molecular formula is C11H17N. The Hall–Kier alpha value is -1.11. The van der Waals surface area contributed by atoms with Crippen LogP contribution in [0.15, 0.2) is 35.3 Å². The molecule has 1 rings (SSSR count). The molecule has 12 heavy (non-hydrogen) atoms. The summed E-state index contributed by atoms with van der Waals surface area (Å²) in [5.74, 6) is 0. The van der Waals surface area contributed by atoms with E-state index in [2.05, 4.69) is 17.1 Å². The van der Waals surface area contributed by atoms with Crippen molar-refractivity contribution in [2.45, 2.75) is 20.8 Å². The van der Waals surface area contributed by atoms with Crippen molar-refractivity contribution in [3.05, 3.63) is 35.9 Å². The maximum Gasteiger partial charge on any atom is 0.0386 e. The Labute approximate surface area is 75.2 Å². The Kier molecular flexibility index (Phi) is 5.98. The van der Waals surface area contributed by atoms with Gasteiger partial charge in [-0.2, -0.15) is 0 Å². The minimum absolute atomic E-state index is 1.08. The van der Waals surface area contributed by atoms with E-state index in [1.165, 1.54) is 5.56 Å². The standard InChI is InChI=1S/C9H11N.C2H6/c1-8(10-2)9-6-4-3-5-7-9;1-2/h3-7H,1-2H3;1-2H3. The highest BCUT2D eigenvalue weighted by molar-refractivity contribution is 5.98. The maximum atomic E-state index is 4.08. The van der Waals surface area contributed by atoms with Gasteiger partial charge in [0.25, 0.3) is 0 Å². The molecule has 0 N–H and O–H groups in total. The smallest absolute Gasteiger partial charge is 0.0386 e. The molecular weight excluding hydrogens is 146 g/mol. The third kappa shape index (κ3) is 3.33. The van der Waals surface area contributed by atoms with Crippen LogP contribution in [0.2, 0.25) is 0 Å². The summed E-state index contributed by atoms with van der Waals surface area (Å²) in [6.45, 7) is 6.01. The molecule has 0 amide bonds. The Balaban J connectivity index is 0.000000561. The number of hydrogen-bond donors (Lipinski definition) is 0. The molecule has 1 nitrogen and oxygen atoms in total. The fraction of sp³-hybridized carbons (Fsp3) is 0.364. The third-order valence-corrected chi connectivity index (χ3v) is 1.53. The molecule has 0 aliphatic carbocycles. The zero-order chi connectivity index (χ0) is 9.40. The number of rotatable bonds is 1. The summed E-state index contributed by atoms with van der Waals surface area (Å²) in [6.07, 6.45) is 0. The van der Waals surface area contributed by atoms with Gasteiger partial charge in [0.05, 0.1) is 0 Å². The Morgan fingerprint density at radius 1 is 1.08 bits per heavy atom. The van der Waals surface area contributed by atoms with E-state index in [0.29, 0.717) is 0 Å². The maximum absolute atomic E-state index is 4.08. The van der Waals surface area contributed by atoms with Crippen LogP contribution < -0.4 is 0 Å². The van der Waals surface area contributed by atoms with Crippen molar-refractivity contribution >= 4 is 5.71 Å². The van der Waals surface area contributed by atoms with Gasteiger partial charge in [0, 0.05) is 12.8 Å². The second-order valence-corrected chi connectivity index (χ2v) is 2.18. The number of nitrogens with zero attached hydrogens (tertiary/aromatic N) is 1. The summed E-state index contributed by atoms with van der Waals surface area (Å²) < 4.78 is 0. The van der Waals surface area contributed by atoms with Crippen LogP contribution in [-0.2, 0) is 0 Å². The zero-order valence-electron chi connectivity index (χ0n) is 8.33. The molecule has 0 bridgehead atoms. The Morgan fingerprint density at radius 3 is 2.00 bits per heavy atom. The average Bonchev–Trinajstić information content (AvgIpc) is 2.21. The quantitative estimate of drug-likeness (QED) is 0.564. The predicted molar refractivity (Wildman–Crippen MR) is 55.9 cm³/mol. The van der Waals surface area contributed by atoms with Crippen LogP contribution in [0.25, 0.3) is 0 Å². The van der Waals surface area contributed by atoms with Gasteiger partial charge in [-0.25, -0.2) is 0 Å². The van der Waals surface area contributed by atoms with Gasteiger partial charge in [0.15, 0.2) is 0 Å². The van der Waals surface area contributed by atoms with Crippen molar-refractivity contribution in [3.63, 3.8) is 0 Å². The lowest BCUT2D eigenvalue weighted by atomic mass is 10.1. The first kappa shape index (κ1) is 10.9. The van der Waals surface area contributed by atoms with E-state index < -0.39 is 0 Å². The molecule has 0 fully saturated rings. The van der Waals surface area contributed by atoms with Gasteiger partial charge in [0.1, 0.15) is 0 Å². The van der Waals surface area contributed by atoms with E-state index in [1.54, 1.807) is 0 Å². The molecule has 0 aliphatic rings. The molecule has 0 atom stereocenters. The predicted octanol–water partition coefficient (Wildman–Crippen LogP) is 3.15. The molecule has 66 valence electrons. The van der Waals surface area contributed by atoms with Gasteiger partial charge in [-0.05, 0) is 12.5 Å². The lowest BCUT2D eigenvalue weighted by molar-refractivity contribution is 1.41. The molecule has 1 aromatic carbocycles. The fourth-order valence-electron chi connectivity index (χ4n) is 0.808.